The van der Waals surface area contributed by atoms with Crippen LogP contribution in [0, 0.1) is 0 Å². The summed E-state index contributed by atoms with van der Waals surface area (Å²) in [6, 6.07) is 12.4. The van der Waals surface area contributed by atoms with Crippen LogP contribution in [0.15, 0.2) is 64.4 Å². The zero-order chi connectivity index (χ0) is 21.4. The van der Waals surface area contributed by atoms with E-state index in [9.17, 15) is 9.59 Å². The van der Waals surface area contributed by atoms with Crippen LogP contribution in [-0.4, -0.2) is 51.9 Å². The van der Waals surface area contributed by atoms with Crippen molar-refractivity contribution < 1.29 is 4.74 Å². The van der Waals surface area contributed by atoms with E-state index in [1.54, 1.807) is 41.2 Å². The quantitative estimate of drug-likeness (QED) is 0.460. The van der Waals surface area contributed by atoms with Crippen molar-refractivity contribution in [3.8, 4) is 5.69 Å². The van der Waals surface area contributed by atoms with Crippen molar-refractivity contribution in [2.24, 2.45) is 0 Å². The Kier molecular flexibility index (Phi) is 5.31. The lowest BCUT2D eigenvalue weighted by Gasteiger charge is -2.26. The largest absolute Gasteiger partial charge is 0.379 e. The van der Waals surface area contributed by atoms with Crippen molar-refractivity contribution in [3.63, 3.8) is 0 Å². The van der Waals surface area contributed by atoms with E-state index in [0.29, 0.717) is 39.1 Å². The van der Waals surface area contributed by atoms with E-state index in [4.69, 9.17) is 16.3 Å². The molecule has 0 saturated carbocycles. The lowest BCUT2D eigenvalue weighted by Crippen LogP contribution is -2.39. The van der Waals surface area contributed by atoms with E-state index in [1.165, 1.54) is 4.57 Å². The van der Waals surface area contributed by atoms with Crippen LogP contribution in [-0.2, 0) is 11.3 Å². The van der Waals surface area contributed by atoms with Crippen molar-refractivity contribution in [2.75, 3.05) is 32.8 Å². The summed E-state index contributed by atoms with van der Waals surface area (Å²) >= 11 is 6.28. The van der Waals surface area contributed by atoms with Gasteiger partial charge < -0.3 is 9.30 Å². The molecule has 1 saturated heterocycles. The van der Waals surface area contributed by atoms with Gasteiger partial charge in [0.15, 0.2) is 0 Å². The Hall–Kier alpha value is -3.00. The summed E-state index contributed by atoms with van der Waals surface area (Å²) in [5.41, 5.74) is 1.31. The van der Waals surface area contributed by atoms with Crippen LogP contribution in [0.2, 0.25) is 5.02 Å². The van der Waals surface area contributed by atoms with Crippen LogP contribution >= 0.6 is 11.6 Å². The monoisotopic (exact) mass is 436 g/mol. The van der Waals surface area contributed by atoms with E-state index in [1.807, 2.05) is 18.2 Å². The number of hydrogen-bond donors (Lipinski definition) is 0. The normalized spacial score (nSPS) is 15.0. The van der Waals surface area contributed by atoms with Gasteiger partial charge in [0.2, 0.25) is 0 Å². The number of halogens is 1. The molecule has 3 aromatic heterocycles. The second kappa shape index (κ2) is 8.26. The molecule has 0 spiro atoms. The molecule has 0 N–H and O–H groups in total. The molecule has 4 aromatic rings. The molecule has 8 heteroatoms. The third-order valence-corrected chi connectivity index (χ3v) is 6.01. The van der Waals surface area contributed by atoms with E-state index >= 15 is 0 Å². The first kappa shape index (κ1) is 19.9. The van der Waals surface area contributed by atoms with Gasteiger partial charge in [-0.25, -0.2) is 4.98 Å². The fourth-order valence-electron chi connectivity index (χ4n) is 3.95. The standard InChI is InChI=1S/C23H21ClN4O3/c24-18-3-1-2-4-21(18)28-8-6-20-17(23(28)30)15-16-19(25-20)5-7-27(22(16)29)10-9-26-11-13-31-14-12-26/h1-8,15H,9-14H2. The topological polar surface area (TPSA) is 69.4 Å². The summed E-state index contributed by atoms with van der Waals surface area (Å²) in [5.74, 6) is 0. The SMILES string of the molecule is O=c1c2cc3c(=O)n(-c4ccccc4Cl)ccc3nc2ccn1CCN1CCOCC1. The minimum Gasteiger partial charge on any atom is -0.379 e. The number of pyridine rings is 3. The fourth-order valence-corrected chi connectivity index (χ4v) is 4.18. The molecule has 7 nitrogen and oxygen atoms in total. The Morgan fingerprint density at radius 1 is 0.903 bits per heavy atom. The Morgan fingerprint density at radius 3 is 2.39 bits per heavy atom. The third kappa shape index (κ3) is 3.76. The number of nitrogens with zero attached hydrogens (tertiary/aromatic N) is 4. The number of benzene rings is 1. The van der Waals surface area contributed by atoms with Gasteiger partial charge in [-0.2, -0.15) is 0 Å². The van der Waals surface area contributed by atoms with Crippen molar-refractivity contribution in [1.29, 1.82) is 0 Å². The van der Waals surface area contributed by atoms with Gasteiger partial charge in [-0.3, -0.25) is 19.1 Å². The smallest absolute Gasteiger partial charge is 0.264 e. The first-order valence-corrected chi connectivity index (χ1v) is 10.6. The van der Waals surface area contributed by atoms with E-state index in [2.05, 4.69) is 9.88 Å². The molecule has 0 bridgehead atoms. The molecule has 0 aliphatic carbocycles. The zero-order valence-electron chi connectivity index (χ0n) is 16.8. The molecule has 31 heavy (non-hydrogen) atoms. The highest BCUT2D eigenvalue weighted by Crippen LogP contribution is 2.20. The summed E-state index contributed by atoms with van der Waals surface area (Å²) in [4.78, 5) is 33.1. The molecule has 1 aromatic carbocycles. The van der Waals surface area contributed by atoms with Gasteiger partial charge in [0.25, 0.3) is 11.1 Å². The zero-order valence-corrected chi connectivity index (χ0v) is 17.6. The molecule has 1 aliphatic heterocycles. The summed E-state index contributed by atoms with van der Waals surface area (Å²) in [6.45, 7) is 4.53. The maximum atomic E-state index is 13.2. The second-order valence-corrected chi connectivity index (χ2v) is 7.97. The summed E-state index contributed by atoms with van der Waals surface area (Å²) < 4.78 is 8.54. The summed E-state index contributed by atoms with van der Waals surface area (Å²) in [5, 5.41) is 1.30. The molecule has 0 amide bonds. The Bertz CT molecular complexity index is 1390. The predicted molar refractivity (Wildman–Crippen MR) is 121 cm³/mol. The van der Waals surface area contributed by atoms with Crippen LogP contribution in [0.4, 0.5) is 0 Å². The number of para-hydroxylation sites is 1. The number of rotatable bonds is 4. The van der Waals surface area contributed by atoms with Crippen LogP contribution in [0.5, 0.6) is 0 Å². The molecule has 0 atom stereocenters. The number of morpholine rings is 1. The van der Waals surface area contributed by atoms with Crippen molar-refractivity contribution in [1.82, 2.24) is 19.0 Å². The molecule has 4 heterocycles. The molecular weight excluding hydrogens is 416 g/mol. The third-order valence-electron chi connectivity index (χ3n) is 5.69. The lowest BCUT2D eigenvalue weighted by molar-refractivity contribution is 0.0363. The maximum absolute atomic E-state index is 13.2. The van der Waals surface area contributed by atoms with Crippen LogP contribution < -0.4 is 11.1 Å². The van der Waals surface area contributed by atoms with Gasteiger partial charge in [-0.15, -0.1) is 0 Å². The highest BCUT2D eigenvalue weighted by molar-refractivity contribution is 6.32. The molecular formula is C23H21ClN4O3. The summed E-state index contributed by atoms with van der Waals surface area (Å²) in [7, 11) is 0. The lowest BCUT2D eigenvalue weighted by atomic mass is 10.2. The van der Waals surface area contributed by atoms with Crippen LogP contribution in [0.1, 0.15) is 0 Å². The highest BCUT2D eigenvalue weighted by Gasteiger charge is 2.13. The highest BCUT2D eigenvalue weighted by atomic mass is 35.5. The van der Waals surface area contributed by atoms with Gasteiger partial charge >= 0.3 is 0 Å². The van der Waals surface area contributed by atoms with Gasteiger partial charge in [0.1, 0.15) is 0 Å². The van der Waals surface area contributed by atoms with Crippen LogP contribution in [0.25, 0.3) is 27.5 Å². The number of aromatic nitrogens is 3. The van der Waals surface area contributed by atoms with Gasteiger partial charge in [0, 0.05) is 38.6 Å². The maximum Gasteiger partial charge on any atom is 0.264 e. The predicted octanol–water partition coefficient (Wildman–Crippen LogP) is 2.69. The second-order valence-electron chi connectivity index (χ2n) is 7.56. The Labute approximate surface area is 183 Å². The minimum absolute atomic E-state index is 0.146. The van der Waals surface area contributed by atoms with Gasteiger partial charge in [-0.1, -0.05) is 23.7 Å². The molecule has 1 aliphatic rings. The summed E-state index contributed by atoms with van der Waals surface area (Å²) in [6.07, 6.45) is 3.43. The average molecular weight is 437 g/mol. The van der Waals surface area contributed by atoms with E-state index in [0.717, 1.165) is 32.8 Å². The van der Waals surface area contributed by atoms with Crippen molar-refractivity contribution >= 4 is 33.4 Å². The minimum atomic E-state index is -0.261. The molecule has 0 radical (unpaired) electrons. The average Bonchev–Trinajstić information content (AvgIpc) is 2.80. The molecule has 0 unspecified atom stereocenters. The van der Waals surface area contributed by atoms with Crippen molar-refractivity contribution in [2.45, 2.75) is 6.54 Å². The van der Waals surface area contributed by atoms with E-state index in [-0.39, 0.29) is 11.1 Å². The Morgan fingerprint density at radius 2 is 1.61 bits per heavy atom. The first-order chi connectivity index (χ1) is 15.1. The number of fused-ring (bicyclic) bond motifs is 2. The van der Waals surface area contributed by atoms with E-state index < -0.39 is 0 Å². The van der Waals surface area contributed by atoms with Gasteiger partial charge in [0.05, 0.1) is 45.7 Å². The first-order valence-electron chi connectivity index (χ1n) is 10.2. The Balaban J connectivity index is 1.57. The molecule has 1 fully saturated rings. The molecule has 158 valence electrons. The van der Waals surface area contributed by atoms with Crippen molar-refractivity contribution in [3.05, 3.63) is 80.6 Å². The van der Waals surface area contributed by atoms with Gasteiger partial charge in [-0.05, 0) is 30.3 Å². The number of hydrogen-bond acceptors (Lipinski definition) is 5. The van der Waals surface area contributed by atoms with Crippen LogP contribution in [0.3, 0.4) is 0 Å². The fraction of sp³-hybridized carbons (Fsp3) is 0.261. The number of ether oxygens (including phenoxy) is 1. The molecule has 5 rings (SSSR count).